The Kier molecular flexibility index (Phi) is 3.34. The predicted octanol–water partition coefficient (Wildman–Crippen LogP) is 3.64. The normalized spacial score (nSPS) is 11.3. The summed E-state index contributed by atoms with van der Waals surface area (Å²) in [6, 6.07) is 11.1. The van der Waals surface area contributed by atoms with Gasteiger partial charge in [-0.25, -0.2) is 9.36 Å². The van der Waals surface area contributed by atoms with E-state index in [1.165, 1.54) is 6.20 Å². The van der Waals surface area contributed by atoms with Crippen LogP contribution in [0.4, 0.5) is 4.79 Å². The summed E-state index contributed by atoms with van der Waals surface area (Å²) < 4.78 is 6.32. The molecule has 4 heteroatoms. The van der Waals surface area contributed by atoms with Gasteiger partial charge in [0.05, 0.1) is 0 Å². The largest absolute Gasteiger partial charge is 0.494 e. The molecule has 0 saturated heterocycles. The fourth-order valence-corrected chi connectivity index (χ4v) is 1.73. The number of carbonyl (C=O) groups excluding carboxylic acids is 1. The molecule has 1 aromatic carbocycles. The van der Waals surface area contributed by atoms with E-state index in [2.05, 4.69) is 0 Å². The zero-order valence-corrected chi connectivity index (χ0v) is 11.3. The lowest BCUT2D eigenvalue weighted by molar-refractivity contribution is 0.0526. The quantitative estimate of drug-likeness (QED) is 0.850. The van der Waals surface area contributed by atoms with Crippen molar-refractivity contribution in [3.63, 3.8) is 0 Å². The van der Waals surface area contributed by atoms with Crippen molar-refractivity contribution >= 4 is 6.09 Å². The average Bonchev–Trinajstić information content (AvgIpc) is 2.70. The number of carbonyl (C=O) groups is 1. The second-order valence-corrected chi connectivity index (χ2v) is 5.27. The molecule has 2 aromatic rings. The molecule has 0 spiro atoms. The molecule has 0 amide bonds. The molecule has 1 aromatic heterocycles. The number of aromatic hydroxyl groups is 1. The molecule has 0 bridgehead atoms. The zero-order valence-electron chi connectivity index (χ0n) is 11.3. The van der Waals surface area contributed by atoms with Gasteiger partial charge in [-0.2, -0.15) is 0 Å². The van der Waals surface area contributed by atoms with E-state index in [1.54, 1.807) is 26.8 Å². The third-order valence-corrected chi connectivity index (χ3v) is 2.53. The fraction of sp³-hybridized carbons (Fsp3) is 0.267. The van der Waals surface area contributed by atoms with E-state index in [4.69, 9.17) is 4.74 Å². The van der Waals surface area contributed by atoms with Gasteiger partial charge >= 0.3 is 6.09 Å². The molecule has 0 aliphatic carbocycles. The maximum absolute atomic E-state index is 11.9. The first kappa shape index (κ1) is 13.2. The lowest BCUT2D eigenvalue weighted by Gasteiger charge is -2.19. The molecule has 0 saturated carbocycles. The standard InChI is InChI=1S/C15H17NO3/c1-15(2,3)19-14(18)16-10-9-12(13(16)17)11-7-5-4-6-8-11/h4-10,17H,1-3H3. The molecule has 100 valence electrons. The van der Waals surface area contributed by atoms with E-state index in [1.807, 2.05) is 30.3 Å². The Hall–Kier alpha value is -2.23. The number of hydrogen-bond donors (Lipinski definition) is 1. The van der Waals surface area contributed by atoms with Crippen LogP contribution in [0.3, 0.4) is 0 Å². The van der Waals surface area contributed by atoms with Crippen LogP contribution in [0.1, 0.15) is 20.8 Å². The highest BCUT2D eigenvalue weighted by molar-refractivity contribution is 5.79. The van der Waals surface area contributed by atoms with Gasteiger partial charge in [-0.1, -0.05) is 30.3 Å². The fourth-order valence-electron chi connectivity index (χ4n) is 1.73. The summed E-state index contributed by atoms with van der Waals surface area (Å²) in [4.78, 5) is 11.9. The van der Waals surface area contributed by atoms with Crippen LogP contribution in [-0.2, 0) is 4.74 Å². The van der Waals surface area contributed by atoms with Crippen LogP contribution in [-0.4, -0.2) is 21.4 Å². The number of benzene rings is 1. The number of hydrogen-bond acceptors (Lipinski definition) is 3. The molecule has 0 atom stereocenters. The van der Waals surface area contributed by atoms with Crippen LogP contribution in [0.25, 0.3) is 11.1 Å². The second kappa shape index (κ2) is 4.80. The van der Waals surface area contributed by atoms with Gasteiger partial charge in [0.1, 0.15) is 5.60 Å². The van der Waals surface area contributed by atoms with Gasteiger partial charge in [0.25, 0.3) is 0 Å². The van der Waals surface area contributed by atoms with Gasteiger partial charge in [0, 0.05) is 11.8 Å². The third-order valence-electron chi connectivity index (χ3n) is 2.53. The summed E-state index contributed by atoms with van der Waals surface area (Å²) in [5.41, 5.74) is 0.856. The van der Waals surface area contributed by atoms with Gasteiger partial charge in [0.15, 0.2) is 0 Å². The highest BCUT2D eigenvalue weighted by Crippen LogP contribution is 2.30. The van der Waals surface area contributed by atoms with E-state index in [0.29, 0.717) is 5.56 Å². The molecule has 0 fully saturated rings. The Morgan fingerprint density at radius 3 is 2.37 bits per heavy atom. The van der Waals surface area contributed by atoms with Crippen molar-refractivity contribution in [2.24, 2.45) is 0 Å². The summed E-state index contributed by atoms with van der Waals surface area (Å²) in [5, 5.41) is 10.1. The number of aromatic nitrogens is 1. The van der Waals surface area contributed by atoms with E-state index < -0.39 is 11.7 Å². The molecule has 0 aliphatic rings. The van der Waals surface area contributed by atoms with Crippen molar-refractivity contribution in [2.45, 2.75) is 26.4 Å². The molecule has 2 rings (SSSR count). The Morgan fingerprint density at radius 1 is 1.16 bits per heavy atom. The monoisotopic (exact) mass is 259 g/mol. The van der Waals surface area contributed by atoms with Gasteiger partial charge < -0.3 is 9.84 Å². The predicted molar refractivity (Wildman–Crippen MR) is 73.2 cm³/mol. The summed E-state index contributed by atoms with van der Waals surface area (Å²) in [6.45, 7) is 5.34. The van der Waals surface area contributed by atoms with Crippen LogP contribution in [0, 0.1) is 0 Å². The van der Waals surface area contributed by atoms with Crippen molar-refractivity contribution < 1.29 is 14.6 Å². The Balaban J connectivity index is 2.31. The van der Waals surface area contributed by atoms with Crippen molar-refractivity contribution in [1.82, 2.24) is 4.57 Å². The molecular weight excluding hydrogens is 242 g/mol. The lowest BCUT2D eigenvalue weighted by Crippen LogP contribution is -2.26. The average molecular weight is 259 g/mol. The van der Waals surface area contributed by atoms with Crippen molar-refractivity contribution in [3.8, 4) is 17.0 Å². The van der Waals surface area contributed by atoms with Crippen LogP contribution in [0.5, 0.6) is 5.88 Å². The topological polar surface area (TPSA) is 51.5 Å². The van der Waals surface area contributed by atoms with Crippen LogP contribution < -0.4 is 0 Å². The van der Waals surface area contributed by atoms with Crippen LogP contribution >= 0.6 is 0 Å². The van der Waals surface area contributed by atoms with Gasteiger partial charge in [-0.3, -0.25) is 0 Å². The lowest BCUT2D eigenvalue weighted by atomic mass is 10.1. The van der Waals surface area contributed by atoms with E-state index >= 15 is 0 Å². The van der Waals surface area contributed by atoms with Gasteiger partial charge in [0.2, 0.25) is 5.88 Å². The van der Waals surface area contributed by atoms with E-state index in [-0.39, 0.29) is 5.88 Å². The first-order chi connectivity index (χ1) is 8.88. The molecular formula is C15H17NO3. The molecule has 1 heterocycles. The minimum Gasteiger partial charge on any atom is -0.494 e. The zero-order chi connectivity index (χ0) is 14.0. The maximum Gasteiger partial charge on any atom is 0.421 e. The molecule has 19 heavy (non-hydrogen) atoms. The molecule has 0 unspecified atom stereocenters. The van der Waals surface area contributed by atoms with Crippen LogP contribution in [0.2, 0.25) is 0 Å². The minimum absolute atomic E-state index is 0.111. The SMILES string of the molecule is CC(C)(C)OC(=O)n1ccc(-c2ccccc2)c1O. The first-order valence-corrected chi connectivity index (χ1v) is 6.07. The van der Waals surface area contributed by atoms with Gasteiger partial charge in [-0.05, 0) is 32.4 Å². The number of nitrogens with zero attached hydrogens (tertiary/aromatic N) is 1. The van der Waals surface area contributed by atoms with E-state index in [0.717, 1.165) is 10.1 Å². The third kappa shape index (κ3) is 2.96. The van der Waals surface area contributed by atoms with Crippen molar-refractivity contribution in [3.05, 3.63) is 42.6 Å². The van der Waals surface area contributed by atoms with Crippen molar-refractivity contribution in [1.29, 1.82) is 0 Å². The second-order valence-electron chi connectivity index (χ2n) is 5.27. The minimum atomic E-state index is -0.597. The number of rotatable bonds is 1. The summed E-state index contributed by atoms with van der Waals surface area (Å²) >= 11 is 0. The summed E-state index contributed by atoms with van der Waals surface area (Å²) in [6.07, 6.45) is 0.915. The van der Waals surface area contributed by atoms with E-state index in [9.17, 15) is 9.90 Å². The Bertz CT molecular complexity index is 579. The Morgan fingerprint density at radius 2 is 1.79 bits per heavy atom. The molecule has 0 radical (unpaired) electrons. The molecule has 4 nitrogen and oxygen atoms in total. The highest BCUT2D eigenvalue weighted by Gasteiger charge is 2.21. The molecule has 1 N–H and O–H groups in total. The van der Waals surface area contributed by atoms with Crippen molar-refractivity contribution in [2.75, 3.05) is 0 Å². The first-order valence-electron chi connectivity index (χ1n) is 6.07. The smallest absolute Gasteiger partial charge is 0.421 e. The number of ether oxygens (including phenoxy) is 1. The maximum atomic E-state index is 11.9. The van der Waals surface area contributed by atoms with Gasteiger partial charge in [-0.15, -0.1) is 0 Å². The summed E-state index contributed by atoms with van der Waals surface area (Å²) in [5.74, 6) is -0.111. The Labute approximate surface area is 112 Å². The summed E-state index contributed by atoms with van der Waals surface area (Å²) in [7, 11) is 0. The van der Waals surface area contributed by atoms with Crippen LogP contribution in [0.15, 0.2) is 42.6 Å². The molecule has 0 aliphatic heterocycles. The highest BCUT2D eigenvalue weighted by atomic mass is 16.6.